The zero-order chi connectivity index (χ0) is 9.84. The summed E-state index contributed by atoms with van der Waals surface area (Å²) in [4.78, 5) is 13.1. The van der Waals surface area contributed by atoms with Gasteiger partial charge in [-0.1, -0.05) is 20.3 Å². The third-order valence-electron chi connectivity index (χ3n) is 2.63. The van der Waals surface area contributed by atoms with E-state index in [-0.39, 0.29) is 6.04 Å². The van der Waals surface area contributed by atoms with Gasteiger partial charge in [-0.3, -0.25) is 9.69 Å². The largest absolute Gasteiger partial charge is 0.480 e. The van der Waals surface area contributed by atoms with E-state index >= 15 is 0 Å². The first-order valence-corrected chi connectivity index (χ1v) is 5.19. The summed E-state index contributed by atoms with van der Waals surface area (Å²) >= 11 is 0. The van der Waals surface area contributed by atoms with E-state index in [4.69, 9.17) is 5.11 Å². The molecule has 0 amide bonds. The molecule has 0 aliphatic heterocycles. The van der Waals surface area contributed by atoms with Gasteiger partial charge in [0.15, 0.2) is 0 Å². The van der Waals surface area contributed by atoms with Crippen LogP contribution in [0.15, 0.2) is 0 Å². The van der Waals surface area contributed by atoms with E-state index in [0.29, 0.717) is 6.04 Å². The number of nitrogens with zero attached hydrogens (tertiary/aromatic N) is 1. The number of aliphatic carboxylic acids is 1. The van der Waals surface area contributed by atoms with Gasteiger partial charge in [0.25, 0.3) is 0 Å². The number of hydrogen-bond donors (Lipinski definition) is 1. The first-order chi connectivity index (χ1) is 6.20. The molecule has 0 radical (unpaired) electrons. The van der Waals surface area contributed by atoms with Crippen molar-refractivity contribution >= 4 is 5.97 Å². The van der Waals surface area contributed by atoms with E-state index in [0.717, 1.165) is 19.4 Å². The smallest absolute Gasteiger partial charge is 0.320 e. The molecule has 0 saturated heterocycles. The number of rotatable bonds is 6. The molecule has 0 aromatic heterocycles. The van der Waals surface area contributed by atoms with Crippen LogP contribution in [0.25, 0.3) is 0 Å². The molecule has 0 aromatic rings. The van der Waals surface area contributed by atoms with Crippen molar-refractivity contribution in [3.63, 3.8) is 0 Å². The Morgan fingerprint density at radius 2 is 2.15 bits per heavy atom. The van der Waals surface area contributed by atoms with Crippen LogP contribution in [0.4, 0.5) is 0 Å². The monoisotopic (exact) mass is 185 g/mol. The molecular weight excluding hydrogens is 166 g/mol. The van der Waals surface area contributed by atoms with Crippen LogP contribution in [0.2, 0.25) is 0 Å². The number of likely N-dealkylation sites (N-methyl/N-ethyl adjacent to an activating group) is 1. The van der Waals surface area contributed by atoms with E-state index in [1.165, 1.54) is 12.8 Å². The van der Waals surface area contributed by atoms with Gasteiger partial charge in [0.2, 0.25) is 0 Å². The highest BCUT2D eigenvalue weighted by molar-refractivity contribution is 5.73. The Morgan fingerprint density at radius 3 is 2.46 bits per heavy atom. The van der Waals surface area contributed by atoms with E-state index in [2.05, 4.69) is 4.90 Å². The normalized spacial score (nSPS) is 19.0. The predicted octanol–water partition coefficient (Wildman–Crippen LogP) is 1.72. The lowest BCUT2D eigenvalue weighted by Gasteiger charge is -2.27. The second-order valence-corrected chi connectivity index (χ2v) is 3.70. The fraction of sp³-hybridized carbons (Fsp3) is 0.900. The highest BCUT2D eigenvalue weighted by Gasteiger charge is 2.35. The lowest BCUT2D eigenvalue weighted by molar-refractivity contribution is -0.143. The van der Waals surface area contributed by atoms with Gasteiger partial charge in [-0.2, -0.15) is 0 Å². The van der Waals surface area contributed by atoms with Crippen LogP contribution in [0.5, 0.6) is 0 Å². The predicted molar refractivity (Wildman–Crippen MR) is 51.7 cm³/mol. The molecule has 3 nitrogen and oxygen atoms in total. The summed E-state index contributed by atoms with van der Waals surface area (Å²) < 4.78 is 0. The van der Waals surface area contributed by atoms with E-state index in [1.807, 2.05) is 13.8 Å². The second-order valence-electron chi connectivity index (χ2n) is 3.70. The lowest BCUT2D eigenvalue weighted by atomic mass is 10.1. The van der Waals surface area contributed by atoms with E-state index in [1.54, 1.807) is 0 Å². The summed E-state index contributed by atoms with van der Waals surface area (Å²) in [6.07, 6.45) is 4.09. The average molecular weight is 185 g/mol. The summed E-state index contributed by atoms with van der Waals surface area (Å²) in [7, 11) is 0. The topological polar surface area (TPSA) is 40.5 Å². The minimum absolute atomic E-state index is 0.248. The van der Waals surface area contributed by atoms with Crippen LogP contribution in [0.3, 0.4) is 0 Å². The summed E-state index contributed by atoms with van der Waals surface area (Å²) in [6.45, 7) is 4.95. The van der Waals surface area contributed by atoms with Crippen molar-refractivity contribution in [3.05, 3.63) is 0 Å². The van der Waals surface area contributed by atoms with Crippen LogP contribution >= 0.6 is 0 Å². The molecule has 76 valence electrons. The van der Waals surface area contributed by atoms with Gasteiger partial charge in [-0.25, -0.2) is 0 Å². The van der Waals surface area contributed by atoms with Crippen LogP contribution in [-0.4, -0.2) is 34.6 Å². The van der Waals surface area contributed by atoms with Gasteiger partial charge in [0, 0.05) is 6.04 Å². The molecule has 1 aliphatic carbocycles. The molecular formula is C10H19NO2. The number of carbonyl (C=O) groups is 1. The average Bonchev–Trinajstić information content (AvgIpc) is 2.88. The van der Waals surface area contributed by atoms with Gasteiger partial charge < -0.3 is 5.11 Å². The maximum absolute atomic E-state index is 11.0. The van der Waals surface area contributed by atoms with Crippen LogP contribution in [-0.2, 0) is 4.79 Å². The Labute approximate surface area is 79.7 Å². The Hall–Kier alpha value is -0.570. The molecule has 1 aliphatic rings. The molecule has 3 heteroatoms. The van der Waals surface area contributed by atoms with Gasteiger partial charge in [0.1, 0.15) is 6.04 Å². The molecule has 0 spiro atoms. The minimum atomic E-state index is -0.657. The summed E-state index contributed by atoms with van der Waals surface area (Å²) in [5, 5.41) is 9.04. The molecule has 1 N–H and O–H groups in total. The third-order valence-corrected chi connectivity index (χ3v) is 2.63. The SMILES string of the molecule is CCCC(C(=O)O)N(CC)C1CC1. The van der Waals surface area contributed by atoms with Crippen molar-refractivity contribution in [2.24, 2.45) is 0 Å². The van der Waals surface area contributed by atoms with E-state index in [9.17, 15) is 4.79 Å². The standard InChI is InChI=1S/C10H19NO2/c1-3-5-9(10(12)13)11(4-2)8-6-7-8/h8-9H,3-7H2,1-2H3,(H,12,13). The van der Waals surface area contributed by atoms with Crippen molar-refractivity contribution in [3.8, 4) is 0 Å². The summed E-state index contributed by atoms with van der Waals surface area (Å²) in [5.41, 5.74) is 0. The van der Waals surface area contributed by atoms with Crippen molar-refractivity contribution < 1.29 is 9.90 Å². The molecule has 1 saturated carbocycles. The third kappa shape index (κ3) is 2.69. The fourth-order valence-electron chi connectivity index (χ4n) is 1.84. The zero-order valence-electron chi connectivity index (χ0n) is 8.49. The van der Waals surface area contributed by atoms with Gasteiger partial charge >= 0.3 is 5.97 Å². The Bertz CT molecular complexity index is 178. The first-order valence-electron chi connectivity index (χ1n) is 5.19. The van der Waals surface area contributed by atoms with Crippen LogP contribution in [0, 0.1) is 0 Å². The van der Waals surface area contributed by atoms with Gasteiger partial charge in [-0.15, -0.1) is 0 Å². The van der Waals surface area contributed by atoms with E-state index < -0.39 is 5.97 Å². The molecule has 0 aromatic carbocycles. The van der Waals surface area contributed by atoms with Crippen molar-refractivity contribution in [1.29, 1.82) is 0 Å². The molecule has 1 atom stereocenters. The van der Waals surface area contributed by atoms with Crippen LogP contribution in [0.1, 0.15) is 39.5 Å². The zero-order valence-corrected chi connectivity index (χ0v) is 8.49. The molecule has 13 heavy (non-hydrogen) atoms. The lowest BCUT2D eigenvalue weighted by Crippen LogP contribution is -2.42. The molecule has 0 bridgehead atoms. The van der Waals surface area contributed by atoms with Crippen LogP contribution < -0.4 is 0 Å². The van der Waals surface area contributed by atoms with Crippen molar-refractivity contribution in [1.82, 2.24) is 4.90 Å². The molecule has 0 heterocycles. The molecule has 1 unspecified atom stereocenters. The van der Waals surface area contributed by atoms with Crippen molar-refractivity contribution in [2.45, 2.75) is 51.6 Å². The highest BCUT2D eigenvalue weighted by atomic mass is 16.4. The maximum atomic E-state index is 11.0. The fourth-order valence-corrected chi connectivity index (χ4v) is 1.84. The summed E-state index contributed by atoms with van der Waals surface area (Å²) in [6, 6.07) is 0.306. The highest BCUT2D eigenvalue weighted by Crippen LogP contribution is 2.29. The maximum Gasteiger partial charge on any atom is 0.320 e. The first kappa shape index (κ1) is 10.5. The number of carboxylic acid groups (broad SMARTS) is 1. The minimum Gasteiger partial charge on any atom is -0.480 e. The quantitative estimate of drug-likeness (QED) is 0.685. The number of hydrogen-bond acceptors (Lipinski definition) is 2. The molecule has 1 rings (SSSR count). The van der Waals surface area contributed by atoms with Crippen molar-refractivity contribution in [2.75, 3.05) is 6.54 Å². The Kier molecular flexibility index (Phi) is 3.72. The molecule has 1 fully saturated rings. The van der Waals surface area contributed by atoms with Gasteiger partial charge in [0.05, 0.1) is 0 Å². The second kappa shape index (κ2) is 4.61. The Morgan fingerprint density at radius 1 is 1.54 bits per heavy atom. The number of carboxylic acids is 1. The Balaban J connectivity index is 2.53. The summed E-state index contributed by atoms with van der Waals surface area (Å²) in [5.74, 6) is -0.657. The van der Waals surface area contributed by atoms with Gasteiger partial charge in [-0.05, 0) is 25.8 Å².